The number of aromatic carboxylic acids is 1. The van der Waals surface area contributed by atoms with Crippen LogP contribution in [0.5, 0.6) is 5.75 Å². The molecule has 0 bridgehead atoms. The Morgan fingerprint density at radius 1 is 1.03 bits per heavy atom. The molecule has 0 aliphatic carbocycles. The van der Waals surface area contributed by atoms with E-state index in [2.05, 4.69) is 4.98 Å². The maximum absolute atomic E-state index is 13.8. The summed E-state index contributed by atoms with van der Waals surface area (Å²) in [5, 5.41) is 11.4. The number of carboxylic acids is 1. The first-order valence-corrected chi connectivity index (χ1v) is 8.44. The van der Waals surface area contributed by atoms with E-state index in [-0.39, 0.29) is 53.8 Å². The summed E-state index contributed by atoms with van der Waals surface area (Å²) < 4.78 is 45.8. The molecule has 0 amide bonds. The molecule has 0 atom stereocenters. The second-order valence-electron chi connectivity index (χ2n) is 5.85. The maximum Gasteiger partial charge on any atom is 1.00 e. The molecule has 0 spiro atoms. The van der Waals surface area contributed by atoms with Gasteiger partial charge in [0, 0.05) is 28.3 Å². The van der Waals surface area contributed by atoms with Crippen LogP contribution in [-0.4, -0.2) is 11.0 Å². The number of nitrogens with zero attached hydrogens (tertiary/aromatic N) is 1. The van der Waals surface area contributed by atoms with Gasteiger partial charge in [0.25, 0.3) is 0 Å². The summed E-state index contributed by atoms with van der Waals surface area (Å²) in [7, 11) is 0. The van der Waals surface area contributed by atoms with Gasteiger partial charge >= 0.3 is 29.6 Å². The van der Waals surface area contributed by atoms with Gasteiger partial charge < -0.3 is 14.6 Å². The Morgan fingerprint density at radius 2 is 1.79 bits per heavy atom. The first-order valence-electron chi connectivity index (χ1n) is 8.06. The molecule has 0 saturated heterocycles. The normalized spacial score (nSPS) is 10.3. The van der Waals surface area contributed by atoms with Gasteiger partial charge in [-0.15, -0.1) is 0 Å². The second-order valence-corrected chi connectivity index (χ2v) is 6.29. The Labute approximate surface area is 191 Å². The third kappa shape index (κ3) is 5.73. The Hall–Kier alpha value is -2.06. The van der Waals surface area contributed by atoms with Crippen molar-refractivity contribution in [1.29, 1.82) is 0 Å². The number of carboxylic acid groups (broad SMARTS) is 1. The van der Waals surface area contributed by atoms with Crippen molar-refractivity contribution < 1.29 is 57.4 Å². The van der Waals surface area contributed by atoms with Crippen LogP contribution in [0, 0.1) is 17.5 Å². The summed E-state index contributed by atoms with van der Waals surface area (Å²) in [6.07, 6.45) is 0.178. The van der Waals surface area contributed by atoms with Crippen LogP contribution in [0.1, 0.15) is 27.3 Å². The first kappa shape index (κ1) is 23.2. The SMILES string of the molecule is O=C([O-])c1cccc(Cc2cc(Cl)ccc2OCc2ccc(F)c(F)c2F)n1.[Na+]. The van der Waals surface area contributed by atoms with Crippen molar-refractivity contribution >= 4 is 17.6 Å². The predicted octanol–water partition coefficient (Wildman–Crippen LogP) is 0.690. The average Bonchev–Trinajstić information content (AvgIpc) is 2.67. The quantitative estimate of drug-likeness (QED) is 0.427. The number of rotatable bonds is 6. The summed E-state index contributed by atoms with van der Waals surface area (Å²) in [6, 6.07) is 11.0. The zero-order chi connectivity index (χ0) is 20.3. The fourth-order valence-electron chi connectivity index (χ4n) is 2.55. The molecule has 0 aliphatic heterocycles. The van der Waals surface area contributed by atoms with Crippen molar-refractivity contribution in [2.24, 2.45) is 0 Å². The molecule has 9 heteroatoms. The molecule has 0 unspecified atom stereocenters. The van der Waals surface area contributed by atoms with Gasteiger partial charge in [0.2, 0.25) is 0 Å². The average molecular weight is 430 g/mol. The van der Waals surface area contributed by atoms with Gasteiger partial charge in [0.05, 0.1) is 11.7 Å². The van der Waals surface area contributed by atoms with Crippen LogP contribution in [0.4, 0.5) is 13.2 Å². The number of carbonyl (C=O) groups is 1. The van der Waals surface area contributed by atoms with E-state index in [0.29, 0.717) is 22.0 Å². The van der Waals surface area contributed by atoms with Crippen LogP contribution in [0.2, 0.25) is 5.02 Å². The predicted molar refractivity (Wildman–Crippen MR) is 93.5 cm³/mol. The number of hydrogen-bond donors (Lipinski definition) is 0. The summed E-state index contributed by atoms with van der Waals surface area (Å²) in [5.41, 5.74) is 0.606. The van der Waals surface area contributed by atoms with E-state index in [4.69, 9.17) is 16.3 Å². The number of carbonyl (C=O) groups excluding carboxylic acids is 1. The van der Waals surface area contributed by atoms with Crippen molar-refractivity contribution in [3.8, 4) is 5.75 Å². The Kier molecular flexibility index (Phi) is 8.10. The largest absolute Gasteiger partial charge is 1.00 e. The fraction of sp³-hybridized carbons (Fsp3) is 0.100. The molecule has 1 heterocycles. The molecule has 1 aromatic heterocycles. The molecular weight excluding hydrogens is 418 g/mol. The van der Waals surface area contributed by atoms with Crippen LogP contribution in [0.25, 0.3) is 0 Å². The van der Waals surface area contributed by atoms with E-state index in [0.717, 1.165) is 12.1 Å². The minimum absolute atomic E-state index is 0. The Morgan fingerprint density at radius 3 is 2.52 bits per heavy atom. The van der Waals surface area contributed by atoms with Gasteiger partial charge in [-0.2, -0.15) is 0 Å². The third-order valence-corrected chi connectivity index (χ3v) is 4.14. The summed E-state index contributed by atoms with van der Waals surface area (Å²) in [5.74, 6) is -5.26. The first-order chi connectivity index (χ1) is 13.3. The molecule has 0 aliphatic rings. The van der Waals surface area contributed by atoms with Crippen LogP contribution in [0.15, 0.2) is 48.5 Å². The molecular formula is C20H12ClF3NNaO3. The van der Waals surface area contributed by atoms with Gasteiger partial charge in [-0.1, -0.05) is 17.7 Å². The standard InChI is InChI=1S/C20H13ClF3NO3.Na/c21-13-5-7-17(28-10-11-4-6-15(22)19(24)18(11)23)12(8-13)9-14-2-1-3-16(25-14)20(26)27;/h1-8H,9-10H2,(H,26,27);/q;+1/p-1. The number of hydrogen-bond acceptors (Lipinski definition) is 4. The molecule has 29 heavy (non-hydrogen) atoms. The Balaban J connectivity index is 0.00000300. The minimum Gasteiger partial charge on any atom is -0.543 e. The smallest absolute Gasteiger partial charge is 0.543 e. The zero-order valence-electron chi connectivity index (χ0n) is 15.2. The number of halogens is 4. The van der Waals surface area contributed by atoms with E-state index in [1.54, 1.807) is 18.2 Å². The van der Waals surface area contributed by atoms with Gasteiger partial charge in [0.1, 0.15) is 12.4 Å². The van der Waals surface area contributed by atoms with Gasteiger partial charge in [-0.3, -0.25) is 4.98 Å². The van der Waals surface area contributed by atoms with E-state index in [1.165, 1.54) is 18.2 Å². The summed E-state index contributed by atoms with van der Waals surface area (Å²) in [4.78, 5) is 14.9. The van der Waals surface area contributed by atoms with Crippen LogP contribution in [0.3, 0.4) is 0 Å². The number of pyridine rings is 1. The molecule has 3 rings (SSSR count). The number of benzene rings is 2. The van der Waals surface area contributed by atoms with Crippen LogP contribution >= 0.6 is 11.6 Å². The van der Waals surface area contributed by atoms with E-state index < -0.39 is 23.4 Å². The zero-order valence-corrected chi connectivity index (χ0v) is 18.0. The second kappa shape index (κ2) is 10.1. The molecule has 0 N–H and O–H groups in total. The van der Waals surface area contributed by atoms with Crippen molar-refractivity contribution in [2.45, 2.75) is 13.0 Å². The van der Waals surface area contributed by atoms with Gasteiger partial charge in [0.15, 0.2) is 17.5 Å². The number of aromatic nitrogens is 1. The summed E-state index contributed by atoms with van der Waals surface area (Å²) in [6.45, 7) is -0.343. The van der Waals surface area contributed by atoms with Crippen LogP contribution < -0.4 is 39.4 Å². The molecule has 144 valence electrons. The third-order valence-electron chi connectivity index (χ3n) is 3.91. The molecule has 4 nitrogen and oxygen atoms in total. The summed E-state index contributed by atoms with van der Waals surface area (Å²) >= 11 is 6.01. The van der Waals surface area contributed by atoms with Crippen molar-refractivity contribution in [1.82, 2.24) is 4.98 Å². The molecule has 2 aromatic carbocycles. The van der Waals surface area contributed by atoms with Crippen molar-refractivity contribution in [3.05, 3.63) is 93.5 Å². The monoisotopic (exact) mass is 429 g/mol. The van der Waals surface area contributed by atoms with E-state index in [9.17, 15) is 23.1 Å². The van der Waals surface area contributed by atoms with Crippen molar-refractivity contribution in [2.75, 3.05) is 0 Å². The molecule has 0 saturated carbocycles. The molecule has 3 aromatic rings. The minimum atomic E-state index is -1.57. The maximum atomic E-state index is 13.8. The van der Waals surface area contributed by atoms with Gasteiger partial charge in [-0.25, -0.2) is 13.2 Å². The van der Waals surface area contributed by atoms with Crippen molar-refractivity contribution in [3.63, 3.8) is 0 Å². The Bertz CT molecular complexity index is 1050. The van der Waals surface area contributed by atoms with Gasteiger partial charge in [-0.05, 0) is 42.5 Å². The number of ether oxygens (including phenoxy) is 1. The van der Waals surface area contributed by atoms with E-state index in [1.807, 2.05) is 0 Å². The topological polar surface area (TPSA) is 62.2 Å². The van der Waals surface area contributed by atoms with Crippen LogP contribution in [-0.2, 0) is 13.0 Å². The van der Waals surface area contributed by atoms with E-state index >= 15 is 0 Å². The molecule has 0 fully saturated rings. The fourth-order valence-corrected chi connectivity index (χ4v) is 2.74. The molecule has 0 radical (unpaired) electrons.